The predicted octanol–water partition coefficient (Wildman–Crippen LogP) is 1.48. The van der Waals surface area contributed by atoms with Crippen molar-refractivity contribution >= 4 is 18.3 Å². The van der Waals surface area contributed by atoms with Crippen LogP contribution in [0.4, 0.5) is 0 Å². The van der Waals surface area contributed by atoms with E-state index in [1.807, 2.05) is 30.3 Å². The minimum Gasteiger partial charge on any atom is -0.349 e. The molecule has 0 saturated carbocycles. The van der Waals surface area contributed by atoms with Gasteiger partial charge < -0.3 is 10.6 Å². The number of nitrogens with one attached hydrogen (secondary N) is 2. The molecule has 0 fully saturated rings. The number of hydrogen-bond acceptors (Lipinski definition) is 4. The molecule has 1 aromatic heterocycles. The lowest BCUT2D eigenvalue weighted by Gasteiger charge is -2.03. The molecule has 22 heavy (non-hydrogen) atoms. The summed E-state index contributed by atoms with van der Waals surface area (Å²) >= 11 is 0. The fraction of sp³-hybridized carbons (Fsp3) is 0.400. The molecule has 0 aliphatic heterocycles. The summed E-state index contributed by atoms with van der Waals surface area (Å²) in [7, 11) is 0. The molecule has 6 nitrogen and oxygen atoms in total. The first kappa shape index (κ1) is 18.1. The van der Waals surface area contributed by atoms with Crippen molar-refractivity contribution in [2.45, 2.75) is 19.9 Å². The van der Waals surface area contributed by atoms with E-state index in [1.165, 1.54) is 0 Å². The fourth-order valence-electron chi connectivity index (χ4n) is 1.91. The molecular formula is C15H22ClN5O. The summed E-state index contributed by atoms with van der Waals surface area (Å²) < 4.78 is 1.67. The zero-order valence-electron chi connectivity index (χ0n) is 12.7. The lowest BCUT2D eigenvalue weighted by atomic mass is 10.2. The van der Waals surface area contributed by atoms with E-state index in [4.69, 9.17) is 0 Å². The average Bonchev–Trinajstić information content (AvgIpc) is 2.96. The zero-order chi connectivity index (χ0) is 14.9. The Balaban J connectivity index is 0.00000242. The van der Waals surface area contributed by atoms with Gasteiger partial charge in [0.15, 0.2) is 5.69 Å². The van der Waals surface area contributed by atoms with Gasteiger partial charge in [0.25, 0.3) is 5.91 Å². The smallest absolute Gasteiger partial charge is 0.273 e. The van der Waals surface area contributed by atoms with Gasteiger partial charge in [-0.1, -0.05) is 42.5 Å². The molecule has 1 amide bonds. The van der Waals surface area contributed by atoms with E-state index in [0.717, 1.165) is 25.1 Å². The normalized spacial score (nSPS) is 10.0. The molecule has 0 radical (unpaired) electrons. The van der Waals surface area contributed by atoms with Crippen molar-refractivity contribution in [3.63, 3.8) is 0 Å². The highest BCUT2D eigenvalue weighted by molar-refractivity contribution is 5.91. The average molecular weight is 324 g/mol. The highest BCUT2D eigenvalue weighted by Crippen LogP contribution is 2.02. The van der Waals surface area contributed by atoms with Gasteiger partial charge in [0.1, 0.15) is 0 Å². The van der Waals surface area contributed by atoms with E-state index >= 15 is 0 Å². The molecule has 120 valence electrons. The summed E-state index contributed by atoms with van der Waals surface area (Å²) in [5.41, 5.74) is 1.47. The van der Waals surface area contributed by atoms with Crippen LogP contribution in [0, 0.1) is 0 Å². The Hall–Kier alpha value is -1.92. The summed E-state index contributed by atoms with van der Waals surface area (Å²) in [5, 5.41) is 13.9. The molecule has 0 bridgehead atoms. The summed E-state index contributed by atoms with van der Waals surface area (Å²) in [6, 6.07) is 9.95. The van der Waals surface area contributed by atoms with Crippen LogP contribution in [0.2, 0.25) is 0 Å². The van der Waals surface area contributed by atoms with E-state index in [1.54, 1.807) is 10.9 Å². The molecule has 1 heterocycles. The SMILES string of the molecule is CCCNCCNC(=O)c1cn(Cc2ccccc2)nn1.Cl. The zero-order valence-corrected chi connectivity index (χ0v) is 13.5. The molecule has 7 heteroatoms. The Kier molecular flexibility index (Phi) is 8.17. The first-order valence-electron chi connectivity index (χ1n) is 7.22. The Bertz CT molecular complexity index is 558. The van der Waals surface area contributed by atoms with Crippen LogP contribution in [0.15, 0.2) is 36.5 Å². The van der Waals surface area contributed by atoms with Gasteiger partial charge in [0.2, 0.25) is 0 Å². The van der Waals surface area contributed by atoms with Crippen LogP contribution in [0.1, 0.15) is 29.4 Å². The number of rotatable bonds is 8. The van der Waals surface area contributed by atoms with Gasteiger partial charge in [0.05, 0.1) is 12.7 Å². The van der Waals surface area contributed by atoms with E-state index in [9.17, 15) is 4.79 Å². The number of amides is 1. The third-order valence-electron chi connectivity index (χ3n) is 2.97. The van der Waals surface area contributed by atoms with Crippen LogP contribution in [0.25, 0.3) is 0 Å². The van der Waals surface area contributed by atoms with Crippen LogP contribution < -0.4 is 10.6 Å². The quantitative estimate of drug-likeness (QED) is 0.722. The van der Waals surface area contributed by atoms with Gasteiger partial charge in [-0.3, -0.25) is 4.79 Å². The van der Waals surface area contributed by atoms with Crippen LogP contribution in [-0.2, 0) is 6.54 Å². The monoisotopic (exact) mass is 323 g/mol. The van der Waals surface area contributed by atoms with Crippen molar-refractivity contribution in [3.05, 3.63) is 47.8 Å². The first-order valence-corrected chi connectivity index (χ1v) is 7.22. The Morgan fingerprint density at radius 3 is 2.68 bits per heavy atom. The summed E-state index contributed by atoms with van der Waals surface area (Å²) in [4.78, 5) is 11.9. The van der Waals surface area contributed by atoms with E-state index in [-0.39, 0.29) is 18.3 Å². The van der Waals surface area contributed by atoms with Crippen LogP contribution in [0.3, 0.4) is 0 Å². The Morgan fingerprint density at radius 2 is 1.95 bits per heavy atom. The summed E-state index contributed by atoms with van der Waals surface area (Å²) in [6.07, 6.45) is 2.75. The molecular weight excluding hydrogens is 302 g/mol. The molecule has 0 saturated heterocycles. The fourth-order valence-corrected chi connectivity index (χ4v) is 1.91. The maximum Gasteiger partial charge on any atom is 0.273 e. The summed E-state index contributed by atoms with van der Waals surface area (Å²) in [6.45, 7) is 5.03. The van der Waals surface area contributed by atoms with E-state index in [0.29, 0.717) is 18.8 Å². The van der Waals surface area contributed by atoms with Crippen molar-refractivity contribution in [2.24, 2.45) is 0 Å². The maximum atomic E-state index is 11.9. The highest BCUT2D eigenvalue weighted by Gasteiger charge is 2.09. The second-order valence-corrected chi connectivity index (χ2v) is 4.79. The predicted molar refractivity (Wildman–Crippen MR) is 88.3 cm³/mol. The minimum absolute atomic E-state index is 0. The number of benzene rings is 1. The van der Waals surface area contributed by atoms with Crippen molar-refractivity contribution < 1.29 is 4.79 Å². The van der Waals surface area contributed by atoms with Crippen molar-refractivity contribution in [1.29, 1.82) is 0 Å². The number of aromatic nitrogens is 3. The van der Waals surface area contributed by atoms with Crippen LogP contribution >= 0.6 is 12.4 Å². The van der Waals surface area contributed by atoms with Gasteiger partial charge in [-0.05, 0) is 18.5 Å². The minimum atomic E-state index is -0.187. The number of carbonyl (C=O) groups excluding carboxylic acids is 1. The molecule has 2 rings (SSSR count). The van der Waals surface area contributed by atoms with Gasteiger partial charge in [0, 0.05) is 13.1 Å². The lowest BCUT2D eigenvalue weighted by Crippen LogP contribution is -2.32. The Morgan fingerprint density at radius 1 is 1.18 bits per heavy atom. The van der Waals surface area contributed by atoms with Gasteiger partial charge >= 0.3 is 0 Å². The van der Waals surface area contributed by atoms with E-state index < -0.39 is 0 Å². The van der Waals surface area contributed by atoms with Crippen LogP contribution in [0.5, 0.6) is 0 Å². The maximum absolute atomic E-state index is 11.9. The van der Waals surface area contributed by atoms with Gasteiger partial charge in [-0.2, -0.15) is 0 Å². The van der Waals surface area contributed by atoms with E-state index in [2.05, 4.69) is 27.9 Å². The summed E-state index contributed by atoms with van der Waals surface area (Å²) in [5.74, 6) is -0.187. The lowest BCUT2D eigenvalue weighted by molar-refractivity contribution is 0.0949. The molecule has 2 aromatic rings. The largest absolute Gasteiger partial charge is 0.349 e. The molecule has 2 N–H and O–H groups in total. The van der Waals surface area contributed by atoms with Gasteiger partial charge in [-0.25, -0.2) is 4.68 Å². The highest BCUT2D eigenvalue weighted by atomic mass is 35.5. The Labute approximate surface area is 136 Å². The third kappa shape index (κ3) is 5.83. The third-order valence-corrected chi connectivity index (χ3v) is 2.97. The van der Waals surface area contributed by atoms with Crippen molar-refractivity contribution in [2.75, 3.05) is 19.6 Å². The second kappa shape index (κ2) is 9.92. The van der Waals surface area contributed by atoms with Crippen LogP contribution in [-0.4, -0.2) is 40.5 Å². The molecule has 0 aliphatic carbocycles. The molecule has 0 aliphatic rings. The number of nitrogens with zero attached hydrogens (tertiary/aromatic N) is 3. The first-order chi connectivity index (χ1) is 10.3. The number of halogens is 1. The molecule has 0 atom stereocenters. The molecule has 0 spiro atoms. The van der Waals surface area contributed by atoms with Crippen molar-refractivity contribution in [1.82, 2.24) is 25.6 Å². The molecule has 1 aromatic carbocycles. The number of carbonyl (C=O) groups is 1. The number of hydrogen-bond donors (Lipinski definition) is 2. The second-order valence-electron chi connectivity index (χ2n) is 4.79. The standard InChI is InChI=1S/C15H21N5O.ClH/c1-2-8-16-9-10-17-15(21)14-12-20(19-18-14)11-13-6-4-3-5-7-13;/h3-7,12,16H,2,8-11H2,1H3,(H,17,21);1H. The topological polar surface area (TPSA) is 71.8 Å². The van der Waals surface area contributed by atoms with Crippen molar-refractivity contribution in [3.8, 4) is 0 Å². The molecule has 0 unspecified atom stereocenters. The van der Waals surface area contributed by atoms with Gasteiger partial charge in [-0.15, -0.1) is 17.5 Å².